The molecule has 29 heavy (non-hydrogen) atoms. The first-order chi connectivity index (χ1) is 13.8. The van der Waals surface area contributed by atoms with E-state index in [1.807, 2.05) is 43.9 Å². The summed E-state index contributed by atoms with van der Waals surface area (Å²) in [6, 6.07) is 10.6. The highest BCUT2D eigenvalue weighted by Crippen LogP contribution is 2.35. The van der Waals surface area contributed by atoms with Gasteiger partial charge in [-0.2, -0.15) is 4.31 Å². The third kappa shape index (κ3) is 4.36. The van der Waals surface area contributed by atoms with Crippen LogP contribution in [0.5, 0.6) is 0 Å². The van der Waals surface area contributed by atoms with Crippen molar-refractivity contribution in [1.82, 2.24) is 14.2 Å². The Morgan fingerprint density at radius 3 is 2.41 bits per heavy atom. The average Bonchev–Trinajstić information content (AvgIpc) is 3.54. The smallest absolute Gasteiger partial charge is 0.254 e. The summed E-state index contributed by atoms with van der Waals surface area (Å²) in [6.45, 7) is 8.15. The summed E-state index contributed by atoms with van der Waals surface area (Å²) in [5.41, 5.74) is 1.87. The van der Waals surface area contributed by atoms with E-state index in [-0.39, 0.29) is 22.9 Å². The number of sulfonamides is 1. The predicted molar refractivity (Wildman–Crippen MR) is 113 cm³/mol. The molecule has 0 radical (unpaired) electrons. The zero-order chi connectivity index (χ0) is 21.2. The second-order valence-corrected chi connectivity index (χ2v) is 9.35. The number of amides is 1. The Balaban J connectivity index is 1.98. The van der Waals surface area contributed by atoms with Gasteiger partial charge in [-0.05, 0) is 56.5 Å². The van der Waals surface area contributed by atoms with Crippen molar-refractivity contribution >= 4 is 15.9 Å². The number of pyridine rings is 1. The highest BCUT2D eigenvalue weighted by atomic mass is 32.2. The van der Waals surface area contributed by atoms with E-state index in [0.29, 0.717) is 24.2 Å². The molecule has 1 amide bonds. The number of benzene rings is 1. The van der Waals surface area contributed by atoms with E-state index in [1.165, 1.54) is 10.4 Å². The second kappa shape index (κ2) is 8.63. The first kappa shape index (κ1) is 21.5. The molecule has 1 saturated carbocycles. The summed E-state index contributed by atoms with van der Waals surface area (Å²) in [6.07, 6.45) is 3.64. The van der Waals surface area contributed by atoms with E-state index >= 15 is 0 Å². The molecule has 156 valence electrons. The van der Waals surface area contributed by atoms with Crippen molar-refractivity contribution < 1.29 is 13.2 Å². The molecule has 0 aliphatic heterocycles. The van der Waals surface area contributed by atoms with Crippen molar-refractivity contribution in [2.75, 3.05) is 13.1 Å². The SMILES string of the molecule is CCN(CC)S(=O)(=O)c1cc(C(=O)N(C2CC2)C(C)c2ccccn2)ccc1C. The molecule has 0 N–H and O–H groups in total. The average molecular weight is 416 g/mol. The fourth-order valence-corrected chi connectivity index (χ4v) is 5.35. The van der Waals surface area contributed by atoms with E-state index in [0.717, 1.165) is 18.5 Å². The number of nitrogens with zero attached hydrogens (tertiary/aromatic N) is 3. The number of aryl methyl sites for hydroxylation is 1. The molecule has 6 nitrogen and oxygen atoms in total. The molecular weight excluding hydrogens is 386 g/mol. The van der Waals surface area contributed by atoms with Crippen molar-refractivity contribution in [3.8, 4) is 0 Å². The molecule has 2 aromatic rings. The summed E-state index contributed by atoms with van der Waals surface area (Å²) in [7, 11) is -3.64. The maximum atomic E-state index is 13.4. The number of hydrogen-bond acceptors (Lipinski definition) is 4. The predicted octanol–water partition coefficient (Wildman–Crippen LogP) is 3.79. The fraction of sp³-hybridized carbons (Fsp3) is 0.455. The Labute approximate surface area is 173 Å². The normalized spacial score (nSPS) is 15.3. The number of hydrogen-bond donors (Lipinski definition) is 0. The van der Waals surface area contributed by atoms with E-state index < -0.39 is 10.0 Å². The van der Waals surface area contributed by atoms with Gasteiger partial charge in [0.25, 0.3) is 5.91 Å². The molecule has 7 heteroatoms. The van der Waals surface area contributed by atoms with Crippen molar-refractivity contribution in [2.24, 2.45) is 0 Å². The van der Waals surface area contributed by atoms with Gasteiger partial charge in [0.05, 0.1) is 16.6 Å². The molecular formula is C22H29N3O3S. The van der Waals surface area contributed by atoms with Crippen LogP contribution < -0.4 is 0 Å². The third-order valence-corrected chi connectivity index (χ3v) is 7.66. The Hall–Kier alpha value is -2.25. The lowest BCUT2D eigenvalue weighted by atomic mass is 10.1. The molecule has 1 aliphatic rings. The Morgan fingerprint density at radius 1 is 1.17 bits per heavy atom. The van der Waals surface area contributed by atoms with Crippen LogP contribution in [0, 0.1) is 6.92 Å². The zero-order valence-corrected chi connectivity index (χ0v) is 18.3. The van der Waals surface area contributed by atoms with Gasteiger partial charge in [0.1, 0.15) is 0 Å². The van der Waals surface area contributed by atoms with Crippen LogP contribution in [0.4, 0.5) is 0 Å². The third-order valence-electron chi connectivity index (χ3n) is 5.47. The largest absolute Gasteiger partial charge is 0.327 e. The molecule has 1 heterocycles. The van der Waals surface area contributed by atoms with E-state index in [9.17, 15) is 13.2 Å². The van der Waals surface area contributed by atoms with Crippen LogP contribution in [-0.2, 0) is 10.0 Å². The molecule has 3 rings (SSSR count). The summed E-state index contributed by atoms with van der Waals surface area (Å²) >= 11 is 0. The van der Waals surface area contributed by atoms with Crippen molar-refractivity contribution in [3.63, 3.8) is 0 Å². The van der Waals surface area contributed by atoms with E-state index in [2.05, 4.69) is 4.98 Å². The van der Waals surface area contributed by atoms with Gasteiger partial charge in [0.2, 0.25) is 10.0 Å². The number of carbonyl (C=O) groups excluding carboxylic acids is 1. The maximum absolute atomic E-state index is 13.4. The Kier molecular flexibility index (Phi) is 6.39. The van der Waals surface area contributed by atoms with Gasteiger partial charge >= 0.3 is 0 Å². The van der Waals surface area contributed by atoms with Crippen molar-refractivity contribution in [1.29, 1.82) is 0 Å². The summed E-state index contributed by atoms with van der Waals surface area (Å²) in [4.78, 5) is 19.9. The summed E-state index contributed by atoms with van der Waals surface area (Å²) < 4.78 is 27.5. The van der Waals surface area contributed by atoms with Crippen molar-refractivity contribution in [3.05, 3.63) is 59.4 Å². The minimum absolute atomic E-state index is 0.151. The van der Waals surface area contributed by atoms with Gasteiger partial charge < -0.3 is 4.90 Å². The lowest BCUT2D eigenvalue weighted by Gasteiger charge is -2.29. The zero-order valence-electron chi connectivity index (χ0n) is 17.5. The highest BCUT2D eigenvalue weighted by Gasteiger charge is 2.37. The minimum Gasteiger partial charge on any atom is -0.327 e. The van der Waals surface area contributed by atoms with Gasteiger partial charge in [-0.25, -0.2) is 8.42 Å². The summed E-state index contributed by atoms with van der Waals surface area (Å²) in [5, 5.41) is 0. The van der Waals surface area contributed by atoms with Crippen LogP contribution >= 0.6 is 0 Å². The molecule has 1 aliphatic carbocycles. The van der Waals surface area contributed by atoms with Gasteiger partial charge in [0.15, 0.2) is 0 Å². The van der Waals surface area contributed by atoms with Crippen LogP contribution in [0.15, 0.2) is 47.5 Å². The molecule has 1 aromatic carbocycles. The van der Waals surface area contributed by atoms with Gasteiger partial charge in [-0.15, -0.1) is 0 Å². The molecule has 1 aromatic heterocycles. The molecule has 0 bridgehead atoms. The van der Waals surface area contributed by atoms with E-state index in [4.69, 9.17) is 0 Å². The molecule has 1 unspecified atom stereocenters. The molecule has 0 saturated heterocycles. The van der Waals surface area contributed by atoms with Gasteiger partial charge in [0, 0.05) is 30.9 Å². The Bertz CT molecular complexity index is 968. The summed E-state index contributed by atoms with van der Waals surface area (Å²) in [5.74, 6) is -0.151. The van der Waals surface area contributed by atoms with Crippen LogP contribution in [-0.4, -0.2) is 47.6 Å². The van der Waals surface area contributed by atoms with E-state index in [1.54, 1.807) is 25.3 Å². The maximum Gasteiger partial charge on any atom is 0.254 e. The topological polar surface area (TPSA) is 70.6 Å². The highest BCUT2D eigenvalue weighted by molar-refractivity contribution is 7.89. The first-order valence-electron chi connectivity index (χ1n) is 10.2. The first-order valence-corrected chi connectivity index (χ1v) is 11.6. The van der Waals surface area contributed by atoms with Gasteiger partial charge in [-0.3, -0.25) is 9.78 Å². The monoisotopic (exact) mass is 415 g/mol. The number of carbonyl (C=O) groups is 1. The van der Waals surface area contributed by atoms with Crippen LogP contribution in [0.1, 0.15) is 61.3 Å². The Morgan fingerprint density at radius 2 is 1.86 bits per heavy atom. The number of aromatic nitrogens is 1. The quantitative estimate of drug-likeness (QED) is 0.658. The molecule has 1 fully saturated rings. The van der Waals surface area contributed by atoms with Crippen LogP contribution in [0.2, 0.25) is 0 Å². The fourth-order valence-electron chi connectivity index (χ4n) is 3.64. The lowest BCUT2D eigenvalue weighted by molar-refractivity contribution is 0.0670. The minimum atomic E-state index is -3.64. The lowest BCUT2D eigenvalue weighted by Crippen LogP contribution is -2.36. The molecule has 0 spiro atoms. The van der Waals surface area contributed by atoms with Gasteiger partial charge in [-0.1, -0.05) is 26.0 Å². The number of rotatable bonds is 8. The second-order valence-electron chi connectivity index (χ2n) is 7.44. The van der Waals surface area contributed by atoms with Crippen LogP contribution in [0.3, 0.4) is 0 Å². The standard InChI is InChI=1S/C22H29N3O3S/c1-5-24(6-2)29(27,28)21-15-18(11-10-16(21)3)22(26)25(19-12-13-19)17(4)20-9-7-8-14-23-20/h7-11,14-15,17,19H,5-6,12-13H2,1-4H3. The van der Waals surface area contributed by atoms with Crippen LogP contribution in [0.25, 0.3) is 0 Å². The van der Waals surface area contributed by atoms with Crippen molar-refractivity contribution in [2.45, 2.75) is 57.5 Å². The molecule has 1 atom stereocenters.